The lowest BCUT2D eigenvalue weighted by Gasteiger charge is -2.08. The molecule has 0 aromatic heterocycles. The minimum atomic E-state index is -0.296. The van der Waals surface area contributed by atoms with Gasteiger partial charge in [-0.05, 0) is 49.1 Å². The Labute approximate surface area is 141 Å². The second-order valence-corrected chi connectivity index (χ2v) is 5.51. The molecule has 5 heteroatoms. The Morgan fingerprint density at radius 1 is 1.26 bits per heavy atom. The molecule has 0 aliphatic rings. The SMILES string of the molecule is Cc1cc(Cl)ccc1OCC(=O)N/N=C/CCc1ccccc1. The Hall–Kier alpha value is -2.33. The highest BCUT2D eigenvalue weighted by molar-refractivity contribution is 6.30. The fraction of sp³-hybridized carbons (Fsp3) is 0.222. The molecule has 1 amide bonds. The number of carbonyl (C=O) groups is 1. The molecule has 0 fully saturated rings. The van der Waals surface area contributed by atoms with Gasteiger partial charge in [-0.1, -0.05) is 41.9 Å². The number of nitrogens with zero attached hydrogens (tertiary/aromatic N) is 1. The third kappa shape index (κ3) is 6.12. The Morgan fingerprint density at radius 2 is 2.04 bits per heavy atom. The Bertz CT molecular complexity index is 672. The van der Waals surface area contributed by atoms with E-state index in [1.165, 1.54) is 5.56 Å². The predicted molar refractivity (Wildman–Crippen MR) is 93.1 cm³/mol. The average Bonchev–Trinajstić information content (AvgIpc) is 2.54. The number of benzene rings is 2. The van der Waals surface area contributed by atoms with Gasteiger partial charge in [-0.25, -0.2) is 5.43 Å². The largest absolute Gasteiger partial charge is 0.483 e. The molecule has 0 saturated carbocycles. The number of rotatable bonds is 7. The number of ether oxygens (including phenoxy) is 1. The van der Waals surface area contributed by atoms with Gasteiger partial charge in [-0.2, -0.15) is 5.10 Å². The number of nitrogens with one attached hydrogen (secondary N) is 1. The van der Waals surface area contributed by atoms with Gasteiger partial charge in [0.05, 0.1) is 0 Å². The Morgan fingerprint density at radius 3 is 2.78 bits per heavy atom. The van der Waals surface area contributed by atoms with Gasteiger partial charge in [0.2, 0.25) is 0 Å². The number of aryl methyl sites for hydroxylation is 2. The Balaban J connectivity index is 1.67. The number of halogens is 1. The number of amides is 1. The van der Waals surface area contributed by atoms with E-state index < -0.39 is 0 Å². The predicted octanol–water partition coefficient (Wildman–Crippen LogP) is 3.76. The molecule has 2 aromatic rings. The Kier molecular flexibility index (Phi) is 6.63. The van der Waals surface area contributed by atoms with E-state index in [4.69, 9.17) is 16.3 Å². The summed E-state index contributed by atoms with van der Waals surface area (Å²) in [6.45, 7) is 1.79. The summed E-state index contributed by atoms with van der Waals surface area (Å²) in [4.78, 5) is 11.7. The fourth-order valence-corrected chi connectivity index (χ4v) is 2.24. The first-order valence-electron chi connectivity index (χ1n) is 7.38. The molecule has 0 bridgehead atoms. The molecule has 0 spiro atoms. The van der Waals surface area contributed by atoms with Crippen LogP contribution in [-0.4, -0.2) is 18.7 Å². The van der Waals surface area contributed by atoms with E-state index in [-0.39, 0.29) is 12.5 Å². The van der Waals surface area contributed by atoms with Crippen molar-refractivity contribution in [2.24, 2.45) is 5.10 Å². The summed E-state index contributed by atoms with van der Waals surface area (Å²) >= 11 is 5.87. The smallest absolute Gasteiger partial charge is 0.277 e. The highest BCUT2D eigenvalue weighted by Gasteiger charge is 2.04. The van der Waals surface area contributed by atoms with Crippen molar-refractivity contribution in [1.29, 1.82) is 0 Å². The molecule has 0 heterocycles. The number of carbonyl (C=O) groups excluding carboxylic acids is 1. The first-order chi connectivity index (χ1) is 11.1. The molecule has 120 valence electrons. The molecule has 23 heavy (non-hydrogen) atoms. The second-order valence-electron chi connectivity index (χ2n) is 5.07. The molecule has 4 nitrogen and oxygen atoms in total. The number of hydrogen-bond donors (Lipinski definition) is 1. The molecule has 0 radical (unpaired) electrons. The quantitative estimate of drug-likeness (QED) is 0.620. The maximum absolute atomic E-state index is 11.7. The van der Waals surface area contributed by atoms with E-state index in [9.17, 15) is 4.79 Å². The lowest BCUT2D eigenvalue weighted by Crippen LogP contribution is -2.24. The number of hydrogen-bond acceptors (Lipinski definition) is 3. The van der Waals surface area contributed by atoms with Crippen molar-refractivity contribution in [3.63, 3.8) is 0 Å². The summed E-state index contributed by atoms with van der Waals surface area (Å²) in [5.41, 5.74) is 4.58. The van der Waals surface area contributed by atoms with Gasteiger partial charge in [0.15, 0.2) is 6.61 Å². The van der Waals surface area contributed by atoms with Crippen molar-refractivity contribution in [3.05, 3.63) is 64.7 Å². The standard InChI is InChI=1S/C18H19ClN2O2/c1-14-12-16(19)9-10-17(14)23-13-18(22)21-20-11-5-8-15-6-3-2-4-7-15/h2-4,6-7,9-12H,5,8,13H2,1H3,(H,21,22)/b20-11+. The molecule has 0 unspecified atom stereocenters. The van der Waals surface area contributed by atoms with Crippen LogP contribution in [0.15, 0.2) is 53.6 Å². The van der Waals surface area contributed by atoms with Crippen LogP contribution in [0.1, 0.15) is 17.5 Å². The lowest BCUT2D eigenvalue weighted by atomic mass is 10.1. The van der Waals surface area contributed by atoms with E-state index >= 15 is 0 Å². The second kappa shape index (κ2) is 8.96. The van der Waals surface area contributed by atoms with Gasteiger partial charge < -0.3 is 4.74 Å². The molecule has 2 aromatic carbocycles. The minimum Gasteiger partial charge on any atom is -0.483 e. The van der Waals surface area contributed by atoms with Crippen molar-refractivity contribution in [2.45, 2.75) is 19.8 Å². The molecule has 0 aliphatic carbocycles. The number of hydrazone groups is 1. The molecule has 0 aliphatic heterocycles. The molecule has 0 saturated heterocycles. The van der Waals surface area contributed by atoms with Crippen LogP contribution >= 0.6 is 11.6 Å². The van der Waals surface area contributed by atoms with Crippen LogP contribution in [0, 0.1) is 6.92 Å². The summed E-state index contributed by atoms with van der Waals surface area (Å²) in [5, 5.41) is 4.55. The van der Waals surface area contributed by atoms with Gasteiger partial charge >= 0.3 is 0 Å². The summed E-state index contributed by atoms with van der Waals surface area (Å²) in [7, 11) is 0. The van der Waals surface area contributed by atoms with Gasteiger partial charge in [-0.15, -0.1) is 0 Å². The normalized spacial score (nSPS) is 10.7. The summed E-state index contributed by atoms with van der Waals surface area (Å²) in [6.07, 6.45) is 3.35. The van der Waals surface area contributed by atoms with Crippen LogP contribution in [0.2, 0.25) is 5.02 Å². The van der Waals surface area contributed by atoms with E-state index in [1.54, 1.807) is 24.4 Å². The van der Waals surface area contributed by atoms with Crippen molar-refractivity contribution in [3.8, 4) is 5.75 Å². The van der Waals surface area contributed by atoms with Crippen LogP contribution in [0.4, 0.5) is 0 Å². The van der Waals surface area contributed by atoms with Crippen LogP contribution in [0.3, 0.4) is 0 Å². The maximum atomic E-state index is 11.7. The van der Waals surface area contributed by atoms with Crippen LogP contribution in [-0.2, 0) is 11.2 Å². The van der Waals surface area contributed by atoms with Gasteiger partial charge in [0.25, 0.3) is 5.91 Å². The zero-order chi connectivity index (χ0) is 16.5. The first kappa shape index (κ1) is 17.0. The third-order valence-electron chi connectivity index (χ3n) is 3.18. The van der Waals surface area contributed by atoms with Crippen LogP contribution in [0.25, 0.3) is 0 Å². The van der Waals surface area contributed by atoms with Gasteiger partial charge in [0, 0.05) is 11.2 Å². The first-order valence-corrected chi connectivity index (χ1v) is 7.76. The average molecular weight is 331 g/mol. The molecule has 0 atom stereocenters. The monoisotopic (exact) mass is 330 g/mol. The van der Waals surface area contributed by atoms with Crippen molar-refractivity contribution in [2.75, 3.05) is 6.61 Å². The third-order valence-corrected chi connectivity index (χ3v) is 3.42. The van der Waals surface area contributed by atoms with Crippen molar-refractivity contribution < 1.29 is 9.53 Å². The highest BCUT2D eigenvalue weighted by Crippen LogP contribution is 2.21. The lowest BCUT2D eigenvalue weighted by molar-refractivity contribution is -0.123. The van der Waals surface area contributed by atoms with E-state index in [1.807, 2.05) is 25.1 Å². The summed E-state index contributed by atoms with van der Waals surface area (Å²) < 4.78 is 5.44. The molecule has 1 N–H and O–H groups in total. The van der Waals surface area contributed by atoms with Crippen LogP contribution in [0.5, 0.6) is 5.75 Å². The van der Waals surface area contributed by atoms with E-state index in [0.717, 1.165) is 18.4 Å². The molecule has 2 rings (SSSR count). The van der Waals surface area contributed by atoms with Gasteiger partial charge in [-0.3, -0.25) is 4.79 Å². The summed E-state index contributed by atoms with van der Waals surface area (Å²) in [6, 6.07) is 15.4. The van der Waals surface area contributed by atoms with Gasteiger partial charge in [0.1, 0.15) is 5.75 Å². The topological polar surface area (TPSA) is 50.7 Å². The zero-order valence-corrected chi connectivity index (χ0v) is 13.7. The van der Waals surface area contributed by atoms with Crippen molar-refractivity contribution >= 4 is 23.7 Å². The molecular formula is C18H19ClN2O2. The fourth-order valence-electron chi connectivity index (χ4n) is 2.01. The van der Waals surface area contributed by atoms with Crippen molar-refractivity contribution in [1.82, 2.24) is 5.43 Å². The zero-order valence-electron chi connectivity index (χ0n) is 13.0. The minimum absolute atomic E-state index is 0.0848. The molecular weight excluding hydrogens is 312 g/mol. The summed E-state index contributed by atoms with van der Waals surface area (Å²) in [5.74, 6) is 0.341. The van der Waals surface area contributed by atoms with E-state index in [2.05, 4.69) is 22.7 Å². The van der Waals surface area contributed by atoms with Crippen LogP contribution < -0.4 is 10.2 Å². The highest BCUT2D eigenvalue weighted by atomic mass is 35.5. The maximum Gasteiger partial charge on any atom is 0.277 e. The van der Waals surface area contributed by atoms with E-state index in [0.29, 0.717) is 10.8 Å².